The molecule has 0 aliphatic carbocycles. The van der Waals surface area contributed by atoms with E-state index in [-0.39, 0.29) is 6.67 Å². The van der Waals surface area contributed by atoms with Crippen molar-refractivity contribution in [2.24, 2.45) is 0 Å². The van der Waals surface area contributed by atoms with Crippen LogP contribution in [0.4, 0.5) is 4.39 Å². The molecule has 0 amide bonds. The van der Waals surface area contributed by atoms with Crippen LogP contribution in [0, 0.1) is 0 Å². The summed E-state index contributed by atoms with van der Waals surface area (Å²) in [6.45, 7) is 1.75. The lowest BCUT2D eigenvalue weighted by Gasteiger charge is -1.81. The van der Waals surface area contributed by atoms with Crippen molar-refractivity contribution in [3.63, 3.8) is 0 Å². The molecule has 0 bridgehead atoms. The van der Waals surface area contributed by atoms with E-state index in [4.69, 9.17) is 0 Å². The van der Waals surface area contributed by atoms with Gasteiger partial charge in [-0.3, -0.25) is 4.39 Å². The van der Waals surface area contributed by atoms with Crippen molar-refractivity contribution >= 4 is 0 Å². The molecule has 0 saturated heterocycles. The Morgan fingerprint density at radius 2 is 2.29 bits per heavy atom. The van der Waals surface area contributed by atoms with E-state index in [9.17, 15) is 4.39 Å². The second-order valence-electron chi connectivity index (χ2n) is 1.40. The molecule has 7 heavy (non-hydrogen) atoms. The predicted molar refractivity (Wildman–Crippen MR) is 30.0 cm³/mol. The SMILES string of the molecule is C/C=C/CCCF. The van der Waals surface area contributed by atoms with Crippen LogP contribution in [0.5, 0.6) is 0 Å². The molecule has 0 nitrogen and oxygen atoms in total. The van der Waals surface area contributed by atoms with Crippen molar-refractivity contribution in [1.82, 2.24) is 0 Å². The van der Waals surface area contributed by atoms with Gasteiger partial charge in [0.2, 0.25) is 0 Å². The van der Waals surface area contributed by atoms with E-state index in [0.29, 0.717) is 6.42 Å². The molecule has 0 aromatic carbocycles. The number of allylic oxidation sites excluding steroid dienone is 2. The van der Waals surface area contributed by atoms with Gasteiger partial charge in [-0.1, -0.05) is 12.2 Å². The molecule has 0 fully saturated rings. The Kier molecular flexibility index (Phi) is 5.40. The second-order valence-corrected chi connectivity index (χ2v) is 1.40. The molecule has 0 rings (SSSR count). The molecule has 0 radical (unpaired) electrons. The molecular weight excluding hydrogens is 91.1 g/mol. The summed E-state index contributed by atoms with van der Waals surface area (Å²) in [5.41, 5.74) is 0. The van der Waals surface area contributed by atoms with Crippen molar-refractivity contribution in [3.8, 4) is 0 Å². The molecule has 0 aliphatic rings. The fourth-order valence-corrected chi connectivity index (χ4v) is 0.362. The maximum atomic E-state index is 11.3. The Balaban J connectivity index is 2.69. The Bertz CT molecular complexity index is 48.1. The number of unbranched alkanes of at least 4 members (excludes halogenated alkanes) is 1. The zero-order chi connectivity index (χ0) is 5.54. The van der Waals surface area contributed by atoms with Gasteiger partial charge in [-0.05, 0) is 19.8 Å². The van der Waals surface area contributed by atoms with Crippen molar-refractivity contribution in [2.45, 2.75) is 19.8 Å². The minimum atomic E-state index is -0.190. The lowest BCUT2D eigenvalue weighted by atomic mass is 10.3. The van der Waals surface area contributed by atoms with Crippen LogP contribution >= 0.6 is 0 Å². The van der Waals surface area contributed by atoms with E-state index in [1.807, 2.05) is 19.1 Å². The van der Waals surface area contributed by atoms with Crippen molar-refractivity contribution in [1.29, 1.82) is 0 Å². The van der Waals surface area contributed by atoms with Gasteiger partial charge in [0.25, 0.3) is 0 Å². The van der Waals surface area contributed by atoms with E-state index in [2.05, 4.69) is 0 Å². The number of rotatable bonds is 3. The van der Waals surface area contributed by atoms with Gasteiger partial charge in [-0.2, -0.15) is 0 Å². The van der Waals surface area contributed by atoms with Gasteiger partial charge < -0.3 is 0 Å². The summed E-state index contributed by atoms with van der Waals surface area (Å²) in [6.07, 6.45) is 5.46. The fourth-order valence-electron chi connectivity index (χ4n) is 0.362. The number of hydrogen-bond acceptors (Lipinski definition) is 0. The lowest BCUT2D eigenvalue weighted by molar-refractivity contribution is 0.475. The van der Waals surface area contributed by atoms with Gasteiger partial charge in [0.1, 0.15) is 0 Å². The Labute approximate surface area is 44.0 Å². The predicted octanol–water partition coefficient (Wildman–Crippen LogP) is 2.31. The van der Waals surface area contributed by atoms with Crippen LogP contribution < -0.4 is 0 Å². The average Bonchev–Trinajstić information content (AvgIpc) is 1.69. The molecular formula is C6H11F. The van der Waals surface area contributed by atoms with Crippen LogP contribution in [-0.2, 0) is 0 Å². The van der Waals surface area contributed by atoms with Gasteiger partial charge in [0.15, 0.2) is 0 Å². The van der Waals surface area contributed by atoms with Crippen molar-refractivity contribution in [2.75, 3.05) is 6.67 Å². The quantitative estimate of drug-likeness (QED) is 0.379. The highest BCUT2D eigenvalue weighted by molar-refractivity contribution is 4.75. The molecule has 0 N–H and O–H groups in total. The fraction of sp³-hybridized carbons (Fsp3) is 0.667. The summed E-state index contributed by atoms with van der Waals surface area (Å²) in [4.78, 5) is 0. The summed E-state index contributed by atoms with van der Waals surface area (Å²) in [6, 6.07) is 0. The number of hydrogen-bond donors (Lipinski definition) is 0. The summed E-state index contributed by atoms with van der Waals surface area (Å²) >= 11 is 0. The first kappa shape index (κ1) is 6.67. The van der Waals surface area contributed by atoms with E-state index in [1.165, 1.54) is 0 Å². The first-order chi connectivity index (χ1) is 3.41. The third-order valence-corrected chi connectivity index (χ3v) is 0.740. The highest BCUT2D eigenvalue weighted by Crippen LogP contribution is 1.89. The first-order valence-corrected chi connectivity index (χ1v) is 2.59. The third-order valence-electron chi connectivity index (χ3n) is 0.740. The molecule has 0 unspecified atom stereocenters. The topological polar surface area (TPSA) is 0 Å². The first-order valence-electron chi connectivity index (χ1n) is 2.59. The standard InChI is InChI=1S/C6H11F/c1-2-3-4-5-6-7/h2-3H,4-6H2,1H3/b3-2+. The molecule has 0 heterocycles. The number of alkyl halides is 1. The van der Waals surface area contributed by atoms with E-state index in [1.54, 1.807) is 0 Å². The molecule has 1 heteroatoms. The average molecular weight is 102 g/mol. The van der Waals surface area contributed by atoms with E-state index >= 15 is 0 Å². The summed E-state index contributed by atoms with van der Waals surface area (Å²) in [5, 5.41) is 0. The van der Waals surface area contributed by atoms with Gasteiger partial charge in [0, 0.05) is 0 Å². The lowest BCUT2D eigenvalue weighted by Crippen LogP contribution is -1.70. The van der Waals surface area contributed by atoms with Gasteiger partial charge in [0.05, 0.1) is 6.67 Å². The van der Waals surface area contributed by atoms with Crippen LogP contribution in [-0.4, -0.2) is 6.67 Å². The smallest absolute Gasteiger partial charge is 0.0897 e. The summed E-state index contributed by atoms with van der Waals surface area (Å²) < 4.78 is 11.3. The highest BCUT2D eigenvalue weighted by atomic mass is 19.1. The summed E-state index contributed by atoms with van der Waals surface area (Å²) in [7, 11) is 0. The molecule has 0 aliphatic heterocycles. The van der Waals surface area contributed by atoms with E-state index in [0.717, 1.165) is 6.42 Å². The molecule has 0 atom stereocenters. The highest BCUT2D eigenvalue weighted by Gasteiger charge is 1.75. The normalized spacial score (nSPS) is 10.6. The monoisotopic (exact) mass is 102 g/mol. The van der Waals surface area contributed by atoms with Crippen LogP contribution in [0.25, 0.3) is 0 Å². The maximum absolute atomic E-state index is 11.3. The minimum absolute atomic E-state index is 0.190. The van der Waals surface area contributed by atoms with Gasteiger partial charge in [-0.15, -0.1) is 0 Å². The largest absolute Gasteiger partial charge is 0.251 e. The number of halogens is 1. The minimum Gasteiger partial charge on any atom is -0.251 e. The summed E-state index contributed by atoms with van der Waals surface area (Å²) in [5.74, 6) is 0. The Morgan fingerprint density at radius 3 is 2.71 bits per heavy atom. The zero-order valence-electron chi connectivity index (χ0n) is 4.65. The second kappa shape index (κ2) is 5.67. The van der Waals surface area contributed by atoms with Crippen molar-refractivity contribution in [3.05, 3.63) is 12.2 Å². The van der Waals surface area contributed by atoms with Crippen molar-refractivity contribution < 1.29 is 4.39 Å². The van der Waals surface area contributed by atoms with Gasteiger partial charge >= 0.3 is 0 Å². The molecule has 0 aromatic rings. The third kappa shape index (κ3) is 5.67. The zero-order valence-corrected chi connectivity index (χ0v) is 4.65. The molecule has 0 spiro atoms. The van der Waals surface area contributed by atoms with Crippen LogP contribution in [0.15, 0.2) is 12.2 Å². The molecule has 0 aromatic heterocycles. The maximum Gasteiger partial charge on any atom is 0.0897 e. The Hall–Kier alpha value is -0.330. The van der Waals surface area contributed by atoms with E-state index < -0.39 is 0 Å². The van der Waals surface area contributed by atoms with Gasteiger partial charge in [-0.25, -0.2) is 0 Å². The Morgan fingerprint density at radius 1 is 1.57 bits per heavy atom. The molecule has 0 saturated carbocycles. The van der Waals surface area contributed by atoms with Crippen LogP contribution in [0.1, 0.15) is 19.8 Å². The van der Waals surface area contributed by atoms with Crippen LogP contribution in [0.3, 0.4) is 0 Å². The van der Waals surface area contributed by atoms with Crippen LogP contribution in [0.2, 0.25) is 0 Å². The molecule has 42 valence electrons.